The highest BCUT2D eigenvalue weighted by molar-refractivity contribution is 6.31. The molecule has 7 heteroatoms. The van der Waals surface area contributed by atoms with Crippen molar-refractivity contribution < 1.29 is 14.3 Å². The van der Waals surface area contributed by atoms with Crippen LogP contribution in [0, 0.1) is 0 Å². The Balaban J connectivity index is 1.65. The third kappa shape index (κ3) is 7.21. The van der Waals surface area contributed by atoms with Crippen molar-refractivity contribution >= 4 is 23.6 Å². The molecule has 3 rings (SSSR count). The molecule has 0 aliphatic heterocycles. The number of halogens is 1. The summed E-state index contributed by atoms with van der Waals surface area (Å²) in [6.07, 6.45) is 3.30. The third-order valence-electron chi connectivity index (χ3n) is 6.34. The van der Waals surface area contributed by atoms with Gasteiger partial charge in [0.25, 0.3) is 0 Å². The van der Waals surface area contributed by atoms with Gasteiger partial charge in [0, 0.05) is 23.7 Å². The number of hydrogen-bond donors (Lipinski definition) is 1. The van der Waals surface area contributed by atoms with Gasteiger partial charge in [0.2, 0.25) is 5.91 Å². The molecule has 2 aromatic carbocycles. The summed E-state index contributed by atoms with van der Waals surface area (Å²) in [7, 11) is 4.20. The van der Waals surface area contributed by atoms with Crippen molar-refractivity contribution in [3.05, 3.63) is 70.7 Å². The van der Waals surface area contributed by atoms with Crippen LogP contribution < -0.4 is 5.32 Å². The van der Waals surface area contributed by atoms with Gasteiger partial charge in [0.1, 0.15) is 12.6 Å². The van der Waals surface area contributed by atoms with E-state index < -0.39 is 12.1 Å². The van der Waals surface area contributed by atoms with Crippen molar-refractivity contribution in [1.82, 2.24) is 15.1 Å². The first-order valence-electron chi connectivity index (χ1n) is 11.5. The lowest BCUT2D eigenvalue weighted by molar-refractivity contribution is -0.137. The van der Waals surface area contributed by atoms with Gasteiger partial charge >= 0.3 is 6.09 Å². The molecule has 178 valence electrons. The van der Waals surface area contributed by atoms with Gasteiger partial charge in [-0.1, -0.05) is 60.1 Å². The molecule has 1 aliphatic carbocycles. The molecule has 0 bridgehead atoms. The molecule has 0 aromatic heterocycles. The molecule has 0 heterocycles. The van der Waals surface area contributed by atoms with Crippen molar-refractivity contribution in [2.45, 2.75) is 63.9 Å². The molecular weight excluding hydrogens is 438 g/mol. The normalized spacial score (nSPS) is 19.1. The van der Waals surface area contributed by atoms with E-state index in [0.29, 0.717) is 17.6 Å². The second-order valence-corrected chi connectivity index (χ2v) is 9.32. The largest absolute Gasteiger partial charge is 0.445 e. The van der Waals surface area contributed by atoms with E-state index in [-0.39, 0.29) is 18.6 Å². The highest BCUT2D eigenvalue weighted by Gasteiger charge is 2.32. The van der Waals surface area contributed by atoms with Gasteiger partial charge in [-0.25, -0.2) is 4.79 Å². The standard InChI is InChI=1S/C26H34ClN3O3/c1-19(28-26(32)33-18-20-9-5-4-6-10-20)25(31)30(17-21-11-7-8-12-24(21)27)23-15-13-22(14-16-23)29(2)3/h4-12,19,22-23H,13-18H2,1-3H3,(H,28,32). The number of alkyl carbamates (subject to hydrolysis) is 1. The molecule has 1 N–H and O–H groups in total. The van der Waals surface area contributed by atoms with Gasteiger partial charge in [-0.3, -0.25) is 4.79 Å². The number of benzene rings is 2. The minimum Gasteiger partial charge on any atom is -0.445 e. The van der Waals surface area contributed by atoms with Gasteiger partial charge in [-0.2, -0.15) is 0 Å². The average Bonchev–Trinajstić information content (AvgIpc) is 2.82. The summed E-state index contributed by atoms with van der Waals surface area (Å²) in [4.78, 5) is 30.0. The Morgan fingerprint density at radius 3 is 2.24 bits per heavy atom. The van der Waals surface area contributed by atoms with Crippen molar-refractivity contribution in [1.29, 1.82) is 0 Å². The lowest BCUT2D eigenvalue weighted by Gasteiger charge is -2.40. The zero-order valence-corrected chi connectivity index (χ0v) is 20.4. The number of amides is 2. The van der Waals surface area contributed by atoms with Crippen LogP contribution in [0.3, 0.4) is 0 Å². The second kappa shape index (κ2) is 12.1. The molecule has 2 amide bonds. The van der Waals surface area contributed by atoms with Crippen LogP contribution in [0.5, 0.6) is 0 Å². The number of rotatable bonds is 8. The van der Waals surface area contributed by atoms with Crippen LogP contribution in [0.2, 0.25) is 5.02 Å². The zero-order chi connectivity index (χ0) is 23.8. The minimum atomic E-state index is -0.706. The van der Waals surface area contributed by atoms with Crippen LogP contribution in [-0.2, 0) is 22.7 Å². The molecule has 1 atom stereocenters. The van der Waals surface area contributed by atoms with E-state index in [1.54, 1.807) is 6.92 Å². The average molecular weight is 472 g/mol. The topological polar surface area (TPSA) is 61.9 Å². The summed E-state index contributed by atoms with van der Waals surface area (Å²) < 4.78 is 5.30. The zero-order valence-electron chi connectivity index (χ0n) is 19.7. The van der Waals surface area contributed by atoms with Gasteiger partial charge in [-0.05, 0) is 63.9 Å². The molecule has 33 heavy (non-hydrogen) atoms. The van der Waals surface area contributed by atoms with E-state index in [9.17, 15) is 9.59 Å². The molecule has 1 aliphatic rings. The van der Waals surface area contributed by atoms with Crippen molar-refractivity contribution in [3.63, 3.8) is 0 Å². The Morgan fingerprint density at radius 1 is 1.00 bits per heavy atom. The maximum atomic E-state index is 13.5. The third-order valence-corrected chi connectivity index (χ3v) is 6.71. The van der Waals surface area contributed by atoms with Crippen molar-refractivity contribution in [2.75, 3.05) is 14.1 Å². The fraction of sp³-hybridized carbons (Fsp3) is 0.462. The van der Waals surface area contributed by atoms with Crippen LogP contribution in [0.25, 0.3) is 0 Å². The highest BCUT2D eigenvalue weighted by atomic mass is 35.5. The minimum absolute atomic E-state index is 0.106. The highest BCUT2D eigenvalue weighted by Crippen LogP contribution is 2.28. The quantitative estimate of drug-likeness (QED) is 0.597. The summed E-state index contributed by atoms with van der Waals surface area (Å²) in [5, 5.41) is 3.34. The van der Waals surface area contributed by atoms with Gasteiger partial charge in [0.15, 0.2) is 0 Å². The molecular formula is C26H34ClN3O3. The number of nitrogens with one attached hydrogen (secondary N) is 1. The Kier molecular flexibility index (Phi) is 9.15. The maximum Gasteiger partial charge on any atom is 0.408 e. The van der Waals surface area contributed by atoms with E-state index in [0.717, 1.165) is 36.8 Å². The fourth-order valence-corrected chi connectivity index (χ4v) is 4.53. The predicted octanol–water partition coefficient (Wildman–Crippen LogP) is 4.86. The van der Waals surface area contributed by atoms with Crippen LogP contribution in [0.1, 0.15) is 43.7 Å². The first-order chi connectivity index (χ1) is 15.8. The number of carbonyl (C=O) groups excluding carboxylic acids is 2. The summed E-state index contributed by atoms with van der Waals surface area (Å²) in [5.74, 6) is -0.125. The van der Waals surface area contributed by atoms with Crippen molar-refractivity contribution in [2.24, 2.45) is 0 Å². The van der Waals surface area contributed by atoms with E-state index in [4.69, 9.17) is 16.3 Å². The van der Waals surface area contributed by atoms with Gasteiger partial charge in [-0.15, -0.1) is 0 Å². The first-order valence-corrected chi connectivity index (χ1v) is 11.9. The molecule has 1 fully saturated rings. The summed E-state index contributed by atoms with van der Waals surface area (Å²) in [6, 6.07) is 17.0. The molecule has 1 unspecified atom stereocenters. The maximum absolute atomic E-state index is 13.5. The molecule has 1 saturated carbocycles. The van der Waals surface area contributed by atoms with Crippen LogP contribution in [-0.4, -0.2) is 54.0 Å². The van der Waals surface area contributed by atoms with E-state index >= 15 is 0 Å². The lowest BCUT2D eigenvalue weighted by Crippen LogP contribution is -2.52. The molecule has 6 nitrogen and oxygen atoms in total. The predicted molar refractivity (Wildman–Crippen MR) is 131 cm³/mol. The van der Waals surface area contributed by atoms with E-state index in [1.165, 1.54) is 0 Å². The number of ether oxygens (including phenoxy) is 1. The smallest absolute Gasteiger partial charge is 0.408 e. The van der Waals surface area contributed by atoms with E-state index in [2.05, 4.69) is 24.3 Å². The molecule has 0 radical (unpaired) electrons. The van der Waals surface area contributed by atoms with Gasteiger partial charge < -0.3 is 19.9 Å². The number of nitrogens with zero attached hydrogens (tertiary/aromatic N) is 2. The lowest BCUT2D eigenvalue weighted by atomic mass is 9.89. The second-order valence-electron chi connectivity index (χ2n) is 8.91. The Labute approximate surface area is 201 Å². The number of hydrogen-bond acceptors (Lipinski definition) is 4. The van der Waals surface area contributed by atoms with Crippen LogP contribution in [0.4, 0.5) is 4.79 Å². The van der Waals surface area contributed by atoms with Crippen molar-refractivity contribution in [3.8, 4) is 0 Å². The summed E-state index contributed by atoms with van der Waals surface area (Å²) in [5.41, 5.74) is 1.80. The SMILES string of the molecule is CC(NC(=O)OCc1ccccc1)C(=O)N(Cc1ccccc1Cl)C1CCC(N(C)C)CC1. The molecule has 2 aromatic rings. The molecule has 0 spiro atoms. The van der Waals surface area contributed by atoms with Gasteiger partial charge in [0.05, 0.1) is 0 Å². The van der Waals surface area contributed by atoms with E-state index in [1.807, 2.05) is 59.5 Å². The first kappa shape index (κ1) is 25.1. The monoisotopic (exact) mass is 471 g/mol. The van der Waals surface area contributed by atoms with Crippen LogP contribution in [0.15, 0.2) is 54.6 Å². The Bertz CT molecular complexity index is 914. The molecule has 0 saturated heterocycles. The Hall–Kier alpha value is -2.57. The van der Waals surface area contributed by atoms with Crippen LogP contribution >= 0.6 is 11.6 Å². The summed E-state index contributed by atoms with van der Waals surface area (Å²) in [6.45, 7) is 2.28. The number of carbonyl (C=O) groups is 2. The Morgan fingerprint density at radius 2 is 1.61 bits per heavy atom. The summed E-state index contributed by atoms with van der Waals surface area (Å²) >= 11 is 6.41. The fourth-order valence-electron chi connectivity index (χ4n) is 4.34.